The van der Waals surface area contributed by atoms with Crippen LogP contribution in [0.3, 0.4) is 0 Å². The van der Waals surface area contributed by atoms with Crippen LogP contribution in [-0.4, -0.2) is 37.0 Å². The lowest BCUT2D eigenvalue weighted by Crippen LogP contribution is -2.33. The zero-order chi connectivity index (χ0) is 12.4. The van der Waals surface area contributed by atoms with Gasteiger partial charge in [0.05, 0.1) is 5.56 Å². The van der Waals surface area contributed by atoms with Crippen LogP contribution >= 0.6 is 46.6 Å². The summed E-state index contributed by atoms with van der Waals surface area (Å²) in [6.07, 6.45) is 1.01. The van der Waals surface area contributed by atoms with Crippen molar-refractivity contribution in [3.63, 3.8) is 0 Å². The van der Waals surface area contributed by atoms with Gasteiger partial charge in [-0.2, -0.15) is 0 Å². The van der Waals surface area contributed by atoms with E-state index >= 15 is 0 Å². The van der Waals surface area contributed by atoms with Crippen molar-refractivity contribution in [1.82, 2.24) is 10.2 Å². The van der Waals surface area contributed by atoms with E-state index in [1.807, 2.05) is 18.0 Å². The fourth-order valence-corrected chi connectivity index (χ4v) is 2.75. The Labute approximate surface area is 132 Å². The molecule has 0 aromatic heterocycles. The van der Waals surface area contributed by atoms with Crippen molar-refractivity contribution in [1.29, 1.82) is 0 Å². The summed E-state index contributed by atoms with van der Waals surface area (Å²) in [4.78, 5) is 14.2. The molecule has 2 rings (SSSR count). The summed E-state index contributed by atoms with van der Waals surface area (Å²) in [5.41, 5.74) is 0.704. The highest BCUT2D eigenvalue weighted by Crippen LogP contribution is 2.21. The largest absolute Gasteiger partial charge is 0.337 e. The number of nitrogens with zero attached hydrogens (tertiary/aromatic N) is 1. The first-order valence-electron chi connectivity index (χ1n) is 5.53. The molecule has 100 valence electrons. The summed E-state index contributed by atoms with van der Waals surface area (Å²) in [7, 11) is 1.93. The van der Waals surface area contributed by atoms with E-state index in [1.165, 1.54) is 0 Å². The van der Waals surface area contributed by atoms with Gasteiger partial charge in [0.25, 0.3) is 5.91 Å². The number of likely N-dealkylation sites (tertiary alicyclic amines) is 1. The number of hydrogen-bond acceptors (Lipinski definition) is 2. The number of nitrogens with one attached hydrogen (secondary N) is 1. The highest BCUT2D eigenvalue weighted by molar-refractivity contribution is 14.1. The van der Waals surface area contributed by atoms with Crippen LogP contribution in [0.1, 0.15) is 16.8 Å². The molecule has 1 aromatic carbocycles. The standard InChI is InChI=1S/C12H14ClIN2O.ClH/c1-15-9-4-5-16(7-9)12(17)10-6-8(13)2-3-11(10)14;/h2-3,6,9,15H,4-5,7H2,1H3;1H. The van der Waals surface area contributed by atoms with Crippen molar-refractivity contribution in [2.45, 2.75) is 12.5 Å². The van der Waals surface area contributed by atoms with Crippen LogP contribution in [0.25, 0.3) is 0 Å². The molecular formula is C12H15Cl2IN2O. The predicted molar refractivity (Wildman–Crippen MR) is 84.8 cm³/mol. The molecule has 1 saturated heterocycles. The maximum Gasteiger partial charge on any atom is 0.255 e. The molecule has 1 heterocycles. The van der Waals surface area contributed by atoms with E-state index in [2.05, 4.69) is 27.9 Å². The number of likely N-dealkylation sites (N-methyl/N-ethyl adjacent to an activating group) is 1. The van der Waals surface area contributed by atoms with Crippen molar-refractivity contribution in [2.75, 3.05) is 20.1 Å². The Bertz CT molecular complexity index is 442. The normalized spacial score (nSPS) is 18.6. The number of rotatable bonds is 2. The van der Waals surface area contributed by atoms with Gasteiger partial charge in [-0.05, 0) is 54.3 Å². The SMILES string of the molecule is CNC1CCN(C(=O)c2cc(Cl)ccc2I)C1.Cl. The van der Waals surface area contributed by atoms with E-state index in [0.29, 0.717) is 16.6 Å². The Hall–Kier alpha value is -0.0400. The Morgan fingerprint density at radius 2 is 2.28 bits per heavy atom. The van der Waals surface area contributed by atoms with Crippen LogP contribution < -0.4 is 5.32 Å². The molecule has 3 nitrogen and oxygen atoms in total. The van der Waals surface area contributed by atoms with Gasteiger partial charge in [-0.3, -0.25) is 4.79 Å². The van der Waals surface area contributed by atoms with E-state index in [9.17, 15) is 4.79 Å². The molecule has 1 aliphatic rings. The zero-order valence-corrected chi connectivity index (χ0v) is 13.7. The molecule has 1 amide bonds. The molecule has 1 aromatic rings. The third-order valence-electron chi connectivity index (χ3n) is 3.04. The zero-order valence-electron chi connectivity index (χ0n) is 9.95. The second-order valence-electron chi connectivity index (χ2n) is 4.15. The molecule has 0 saturated carbocycles. The number of benzene rings is 1. The summed E-state index contributed by atoms with van der Waals surface area (Å²) in [5.74, 6) is 0.0784. The quantitative estimate of drug-likeness (QED) is 0.774. The highest BCUT2D eigenvalue weighted by Gasteiger charge is 2.26. The van der Waals surface area contributed by atoms with Gasteiger partial charge in [0.15, 0.2) is 0 Å². The first-order chi connectivity index (χ1) is 8.11. The Morgan fingerprint density at radius 3 is 2.89 bits per heavy atom. The fourth-order valence-electron chi connectivity index (χ4n) is 2.01. The van der Waals surface area contributed by atoms with Crippen LogP contribution in [0.5, 0.6) is 0 Å². The van der Waals surface area contributed by atoms with E-state index < -0.39 is 0 Å². The third kappa shape index (κ3) is 3.50. The van der Waals surface area contributed by atoms with Gasteiger partial charge in [0.2, 0.25) is 0 Å². The Morgan fingerprint density at radius 1 is 1.56 bits per heavy atom. The molecule has 1 N–H and O–H groups in total. The van der Waals surface area contributed by atoms with Gasteiger partial charge in [-0.1, -0.05) is 11.6 Å². The van der Waals surface area contributed by atoms with E-state index in [-0.39, 0.29) is 18.3 Å². The lowest BCUT2D eigenvalue weighted by atomic mass is 10.2. The van der Waals surface area contributed by atoms with Crippen molar-refractivity contribution >= 4 is 52.5 Å². The lowest BCUT2D eigenvalue weighted by Gasteiger charge is -2.17. The Kier molecular flexibility index (Phi) is 6.17. The summed E-state index contributed by atoms with van der Waals surface area (Å²) < 4.78 is 0.949. The number of carbonyl (C=O) groups is 1. The fraction of sp³-hybridized carbons (Fsp3) is 0.417. The third-order valence-corrected chi connectivity index (χ3v) is 4.22. The molecule has 1 fully saturated rings. The Balaban J connectivity index is 0.00000162. The van der Waals surface area contributed by atoms with Crippen LogP contribution in [0.2, 0.25) is 5.02 Å². The maximum atomic E-state index is 12.3. The second kappa shape index (κ2) is 6.93. The van der Waals surface area contributed by atoms with Gasteiger partial charge in [-0.15, -0.1) is 12.4 Å². The predicted octanol–water partition coefficient (Wildman–Crippen LogP) is 2.80. The van der Waals surface area contributed by atoms with Gasteiger partial charge >= 0.3 is 0 Å². The van der Waals surface area contributed by atoms with Crippen molar-refractivity contribution < 1.29 is 4.79 Å². The molecule has 0 aliphatic carbocycles. The van der Waals surface area contributed by atoms with Crippen LogP contribution in [0, 0.1) is 3.57 Å². The van der Waals surface area contributed by atoms with Crippen molar-refractivity contribution in [3.8, 4) is 0 Å². The highest BCUT2D eigenvalue weighted by atomic mass is 127. The van der Waals surface area contributed by atoms with Crippen LogP contribution in [0.15, 0.2) is 18.2 Å². The second-order valence-corrected chi connectivity index (χ2v) is 5.75. The summed E-state index contributed by atoms with van der Waals surface area (Å²) in [6, 6.07) is 5.84. The lowest BCUT2D eigenvalue weighted by molar-refractivity contribution is 0.0788. The van der Waals surface area contributed by atoms with E-state index in [1.54, 1.807) is 12.1 Å². The van der Waals surface area contributed by atoms with Crippen LogP contribution in [0.4, 0.5) is 0 Å². The number of amides is 1. The monoisotopic (exact) mass is 400 g/mol. The number of halogens is 3. The maximum absolute atomic E-state index is 12.3. The van der Waals surface area contributed by atoms with Gasteiger partial charge in [0.1, 0.15) is 0 Å². The van der Waals surface area contributed by atoms with Crippen LogP contribution in [-0.2, 0) is 0 Å². The molecule has 1 atom stereocenters. The minimum atomic E-state index is 0. The molecule has 0 spiro atoms. The minimum Gasteiger partial charge on any atom is -0.337 e. The first-order valence-corrected chi connectivity index (χ1v) is 6.99. The van der Waals surface area contributed by atoms with Crippen molar-refractivity contribution in [3.05, 3.63) is 32.4 Å². The average Bonchev–Trinajstić information content (AvgIpc) is 2.80. The summed E-state index contributed by atoms with van der Waals surface area (Å²) in [5, 5.41) is 3.81. The van der Waals surface area contributed by atoms with Gasteiger partial charge < -0.3 is 10.2 Å². The average molecular weight is 401 g/mol. The topological polar surface area (TPSA) is 32.3 Å². The number of hydrogen-bond donors (Lipinski definition) is 1. The molecule has 6 heteroatoms. The van der Waals surface area contributed by atoms with Crippen molar-refractivity contribution in [2.24, 2.45) is 0 Å². The van der Waals surface area contributed by atoms with Gasteiger partial charge in [0, 0.05) is 27.7 Å². The molecule has 0 radical (unpaired) electrons. The minimum absolute atomic E-state index is 0. The number of carbonyl (C=O) groups excluding carboxylic acids is 1. The van der Waals surface area contributed by atoms with Gasteiger partial charge in [-0.25, -0.2) is 0 Å². The summed E-state index contributed by atoms with van der Waals surface area (Å²) >= 11 is 8.11. The molecule has 1 aliphatic heterocycles. The first kappa shape index (κ1) is 16.0. The van der Waals surface area contributed by atoms with E-state index in [4.69, 9.17) is 11.6 Å². The van der Waals surface area contributed by atoms with E-state index in [0.717, 1.165) is 23.1 Å². The molecule has 0 bridgehead atoms. The summed E-state index contributed by atoms with van der Waals surface area (Å²) in [6.45, 7) is 1.59. The molecule has 18 heavy (non-hydrogen) atoms. The molecule has 1 unspecified atom stereocenters. The molecular weight excluding hydrogens is 386 g/mol. The smallest absolute Gasteiger partial charge is 0.255 e.